The fourth-order valence-corrected chi connectivity index (χ4v) is 2.34. The fourth-order valence-electron chi connectivity index (χ4n) is 2.03. The van der Waals surface area contributed by atoms with E-state index in [0.29, 0.717) is 6.42 Å². The summed E-state index contributed by atoms with van der Waals surface area (Å²) in [5, 5.41) is 2.95. The molecule has 0 radical (unpaired) electrons. The summed E-state index contributed by atoms with van der Waals surface area (Å²) in [5.74, 6) is -1.32. The molecule has 0 aliphatic carbocycles. The van der Waals surface area contributed by atoms with Crippen molar-refractivity contribution in [3.63, 3.8) is 0 Å². The van der Waals surface area contributed by atoms with Crippen LogP contribution in [0.15, 0.2) is 40.9 Å². The van der Waals surface area contributed by atoms with Crippen molar-refractivity contribution in [3.05, 3.63) is 69.4 Å². The average Bonchev–Trinajstić information content (AvgIpc) is 2.43. The number of rotatable bonds is 4. The van der Waals surface area contributed by atoms with Gasteiger partial charge in [-0.3, -0.25) is 0 Å². The highest BCUT2D eigenvalue weighted by atomic mass is 79.9. The molecule has 0 aromatic heterocycles. The Hall–Kier alpha value is -1.33. The lowest BCUT2D eigenvalue weighted by molar-refractivity contribution is 0.520. The molecule has 0 aliphatic heterocycles. The third kappa shape index (κ3) is 3.41. The number of hydrogen-bond donors (Lipinski definition) is 1. The lowest BCUT2D eigenvalue weighted by Crippen LogP contribution is -2.20. The Labute approximate surface area is 123 Å². The van der Waals surface area contributed by atoms with Gasteiger partial charge in [0.25, 0.3) is 0 Å². The van der Waals surface area contributed by atoms with Gasteiger partial charge in [-0.25, -0.2) is 13.2 Å². The maximum absolute atomic E-state index is 13.9. The number of benzene rings is 2. The monoisotopic (exact) mass is 343 g/mol. The Kier molecular flexibility index (Phi) is 4.83. The molecular weight excluding hydrogens is 331 g/mol. The molecule has 2 aromatic rings. The van der Waals surface area contributed by atoms with Gasteiger partial charge in [0.05, 0.1) is 4.47 Å². The molecule has 0 amide bonds. The highest BCUT2D eigenvalue weighted by Gasteiger charge is 2.17. The van der Waals surface area contributed by atoms with Crippen molar-refractivity contribution in [1.82, 2.24) is 5.32 Å². The molecule has 20 heavy (non-hydrogen) atoms. The minimum Gasteiger partial charge on any atom is -0.313 e. The van der Waals surface area contributed by atoms with Crippen LogP contribution in [0.2, 0.25) is 0 Å². The standard InChI is InChI=1S/C15H13BrF3N/c1-20-15(6-9-2-4-10(17)5-3-9)11-7-14(19)12(16)8-13(11)18/h2-5,7-8,15,20H,6H2,1H3. The molecule has 0 fully saturated rings. The zero-order valence-corrected chi connectivity index (χ0v) is 12.3. The molecule has 5 heteroatoms. The summed E-state index contributed by atoms with van der Waals surface area (Å²) in [5.41, 5.74) is 1.09. The zero-order valence-electron chi connectivity index (χ0n) is 10.8. The van der Waals surface area contributed by atoms with Crippen LogP contribution in [0.1, 0.15) is 17.2 Å². The molecule has 1 N–H and O–H groups in total. The van der Waals surface area contributed by atoms with Crippen molar-refractivity contribution in [1.29, 1.82) is 0 Å². The lowest BCUT2D eigenvalue weighted by atomic mass is 9.98. The Bertz CT molecular complexity index is 599. The van der Waals surface area contributed by atoms with E-state index in [9.17, 15) is 13.2 Å². The summed E-state index contributed by atoms with van der Waals surface area (Å²) >= 11 is 2.95. The molecule has 2 rings (SSSR count). The van der Waals surface area contributed by atoms with Crippen LogP contribution in [0, 0.1) is 17.5 Å². The molecule has 2 aromatic carbocycles. The number of nitrogens with one attached hydrogen (secondary N) is 1. The van der Waals surface area contributed by atoms with Crippen molar-refractivity contribution in [2.45, 2.75) is 12.5 Å². The quantitative estimate of drug-likeness (QED) is 0.813. The van der Waals surface area contributed by atoms with Gasteiger partial charge in [0.1, 0.15) is 17.5 Å². The predicted molar refractivity (Wildman–Crippen MR) is 76.0 cm³/mol. The van der Waals surface area contributed by atoms with Gasteiger partial charge in [0, 0.05) is 11.6 Å². The third-order valence-corrected chi connectivity index (χ3v) is 3.72. The normalized spacial score (nSPS) is 12.4. The molecular formula is C15H13BrF3N. The van der Waals surface area contributed by atoms with Crippen LogP contribution in [0.25, 0.3) is 0 Å². The van der Waals surface area contributed by atoms with Gasteiger partial charge < -0.3 is 5.32 Å². The van der Waals surface area contributed by atoms with E-state index in [-0.39, 0.29) is 21.9 Å². The van der Waals surface area contributed by atoms with Crippen LogP contribution >= 0.6 is 15.9 Å². The Balaban J connectivity index is 2.28. The van der Waals surface area contributed by atoms with Crippen LogP contribution in [0.5, 0.6) is 0 Å². The van der Waals surface area contributed by atoms with Gasteiger partial charge in [-0.05, 0) is 59.2 Å². The van der Waals surface area contributed by atoms with Crippen molar-refractivity contribution < 1.29 is 13.2 Å². The van der Waals surface area contributed by atoms with E-state index < -0.39 is 11.6 Å². The second-order valence-electron chi connectivity index (χ2n) is 4.46. The van der Waals surface area contributed by atoms with Crippen LogP contribution in [-0.2, 0) is 6.42 Å². The van der Waals surface area contributed by atoms with Crippen molar-refractivity contribution >= 4 is 15.9 Å². The highest BCUT2D eigenvalue weighted by molar-refractivity contribution is 9.10. The van der Waals surface area contributed by atoms with E-state index in [0.717, 1.165) is 11.6 Å². The van der Waals surface area contributed by atoms with E-state index >= 15 is 0 Å². The zero-order chi connectivity index (χ0) is 14.7. The molecule has 0 aliphatic rings. The molecule has 0 saturated heterocycles. The fraction of sp³-hybridized carbons (Fsp3) is 0.200. The molecule has 0 heterocycles. The summed E-state index contributed by atoms with van der Waals surface area (Å²) < 4.78 is 40.4. The third-order valence-electron chi connectivity index (χ3n) is 3.12. The second-order valence-corrected chi connectivity index (χ2v) is 5.31. The predicted octanol–water partition coefficient (Wildman–Crippen LogP) is 4.37. The van der Waals surface area contributed by atoms with Crippen LogP contribution in [0.4, 0.5) is 13.2 Å². The molecule has 0 spiro atoms. The van der Waals surface area contributed by atoms with Gasteiger partial charge in [-0.15, -0.1) is 0 Å². The number of halogens is 4. The molecule has 1 nitrogen and oxygen atoms in total. The van der Waals surface area contributed by atoms with Gasteiger partial charge in [-0.2, -0.15) is 0 Å². The minimum atomic E-state index is -0.513. The van der Waals surface area contributed by atoms with E-state index in [2.05, 4.69) is 21.2 Å². The Morgan fingerprint density at radius 3 is 2.30 bits per heavy atom. The van der Waals surface area contributed by atoms with Gasteiger partial charge in [0.2, 0.25) is 0 Å². The summed E-state index contributed by atoms with van der Waals surface area (Å²) in [6, 6.07) is 7.85. The van der Waals surface area contributed by atoms with Gasteiger partial charge in [0.15, 0.2) is 0 Å². The van der Waals surface area contributed by atoms with Gasteiger partial charge >= 0.3 is 0 Å². The van der Waals surface area contributed by atoms with Crippen LogP contribution < -0.4 is 5.32 Å². The van der Waals surface area contributed by atoms with Crippen molar-refractivity contribution in [3.8, 4) is 0 Å². The maximum Gasteiger partial charge on any atom is 0.137 e. The van der Waals surface area contributed by atoms with Crippen LogP contribution in [-0.4, -0.2) is 7.05 Å². The summed E-state index contributed by atoms with van der Waals surface area (Å²) in [4.78, 5) is 0. The number of hydrogen-bond acceptors (Lipinski definition) is 1. The van der Waals surface area contributed by atoms with E-state index in [4.69, 9.17) is 0 Å². The first-order valence-electron chi connectivity index (χ1n) is 6.07. The van der Waals surface area contributed by atoms with E-state index in [1.54, 1.807) is 19.2 Å². The topological polar surface area (TPSA) is 12.0 Å². The van der Waals surface area contributed by atoms with E-state index in [1.807, 2.05) is 0 Å². The van der Waals surface area contributed by atoms with Gasteiger partial charge in [-0.1, -0.05) is 12.1 Å². The summed E-state index contributed by atoms with van der Waals surface area (Å²) in [6.45, 7) is 0. The first-order valence-corrected chi connectivity index (χ1v) is 6.86. The average molecular weight is 344 g/mol. The largest absolute Gasteiger partial charge is 0.313 e. The summed E-state index contributed by atoms with van der Waals surface area (Å²) in [6.07, 6.45) is 0.439. The maximum atomic E-state index is 13.9. The molecule has 1 atom stereocenters. The highest BCUT2D eigenvalue weighted by Crippen LogP contribution is 2.26. The first-order chi connectivity index (χ1) is 9.51. The van der Waals surface area contributed by atoms with E-state index in [1.165, 1.54) is 18.2 Å². The van der Waals surface area contributed by atoms with Crippen LogP contribution in [0.3, 0.4) is 0 Å². The Morgan fingerprint density at radius 2 is 1.70 bits per heavy atom. The smallest absolute Gasteiger partial charge is 0.137 e. The molecule has 106 valence electrons. The Morgan fingerprint density at radius 1 is 1.05 bits per heavy atom. The first kappa shape index (κ1) is 15.1. The minimum absolute atomic E-state index is 0.0929. The SMILES string of the molecule is CNC(Cc1ccc(F)cc1)c1cc(F)c(Br)cc1F. The van der Waals surface area contributed by atoms with Crippen molar-refractivity contribution in [2.24, 2.45) is 0 Å². The summed E-state index contributed by atoms with van der Waals surface area (Å²) in [7, 11) is 1.67. The van der Waals surface area contributed by atoms with Crippen molar-refractivity contribution in [2.75, 3.05) is 7.05 Å². The molecule has 0 bridgehead atoms. The lowest BCUT2D eigenvalue weighted by Gasteiger charge is -2.18. The second kappa shape index (κ2) is 6.41. The molecule has 1 unspecified atom stereocenters. The number of likely N-dealkylation sites (N-methyl/N-ethyl adjacent to an activating group) is 1. The molecule has 0 saturated carbocycles.